The number of nitrogens with zero attached hydrogens (tertiary/aromatic N) is 3. The van der Waals surface area contributed by atoms with Gasteiger partial charge in [-0.2, -0.15) is 0 Å². The van der Waals surface area contributed by atoms with Gasteiger partial charge < -0.3 is 9.64 Å². The Bertz CT molecular complexity index is 805. The summed E-state index contributed by atoms with van der Waals surface area (Å²) < 4.78 is 4.77. The molecule has 0 saturated carbocycles. The lowest BCUT2D eigenvalue weighted by Crippen LogP contribution is -2.24. The number of amides is 2. The van der Waals surface area contributed by atoms with Gasteiger partial charge in [-0.1, -0.05) is 17.4 Å². The van der Waals surface area contributed by atoms with Crippen LogP contribution in [-0.4, -0.2) is 42.3 Å². The van der Waals surface area contributed by atoms with E-state index in [1.165, 1.54) is 24.0 Å². The molecule has 2 amide bonds. The van der Waals surface area contributed by atoms with Gasteiger partial charge in [-0.15, -0.1) is 10.2 Å². The second-order valence-corrected chi connectivity index (χ2v) is 7.11. The van der Waals surface area contributed by atoms with Crippen LogP contribution in [0.3, 0.4) is 0 Å². The third-order valence-corrected chi connectivity index (χ3v) is 5.24. The number of anilines is 2. The minimum Gasteiger partial charge on any atom is -0.375 e. The maximum Gasteiger partial charge on any atom is 0.252 e. The van der Waals surface area contributed by atoms with Crippen LogP contribution in [0.15, 0.2) is 18.2 Å². The van der Waals surface area contributed by atoms with Crippen molar-refractivity contribution >= 4 is 34.0 Å². The van der Waals surface area contributed by atoms with Gasteiger partial charge in [0.15, 0.2) is 0 Å². The fourth-order valence-electron chi connectivity index (χ4n) is 2.75. The predicted molar refractivity (Wildman–Crippen MR) is 96.0 cm³/mol. The van der Waals surface area contributed by atoms with Crippen molar-refractivity contribution in [2.75, 3.05) is 30.5 Å². The molecule has 7 nitrogen and oxygen atoms in total. The largest absolute Gasteiger partial charge is 0.375 e. The molecule has 132 valence electrons. The number of carbonyl (C=O) groups excluding carboxylic acids is 2. The standard InChI is InChI=1S/C17H20N4O3S/c1-10-4-5-13(6-11(10)2)21-8-12(7-15(21)23)16-19-20-17(25-16)18-14(22)9-24-3/h4-6,12H,7-9H2,1-3H3,(H,18,20,22). The number of aromatic nitrogens is 2. The lowest BCUT2D eigenvalue weighted by Gasteiger charge is -2.17. The van der Waals surface area contributed by atoms with E-state index in [0.717, 1.165) is 16.3 Å². The van der Waals surface area contributed by atoms with Crippen LogP contribution in [0.1, 0.15) is 28.5 Å². The monoisotopic (exact) mass is 360 g/mol. The fourth-order valence-corrected chi connectivity index (χ4v) is 3.60. The number of nitrogens with one attached hydrogen (secondary N) is 1. The molecule has 8 heteroatoms. The van der Waals surface area contributed by atoms with E-state index < -0.39 is 0 Å². The molecule has 0 aliphatic carbocycles. The van der Waals surface area contributed by atoms with Gasteiger partial charge in [0, 0.05) is 31.7 Å². The maximum atomic E-state index is 12.4. The zero-order valence-corrected chi connectivity index (χ0v) is 15.2. The average molecular weight is 360 g/mol. The number of hydrogen-bond acceptors (Lipinski definition) is 6. The minimum atomic E-state index is -0.274. The normalized spacial score (nSPS) is 17.2. The van der Waals surface area contributed by atoms with Crippen LogP contribution in [-0.2, 0) is 14.3 Å². The maximum absolute atomic E-state index is 12.4. The number of rotatable bonds is 5. The van der Waals surface area contributed by atoms with Gasteiger partial charge in [0.25, 0.3) is 5.91 Å². The molecule has 3 rings (SSSR count). The molecule has 1 aliphatic rings. The molecule has 1 atom stereocenters. The first-order valence-corrected chi connectivity index (χ1v) is 8.79. The van der Waals surface area contributed by atoms with Crippen LogP contribution in [0.4, 0.5) is 10.8 Å². The highest BCUT2D eigenvalue weighted by molar-refractivity contribution is 7.15. The fraction of sp³-hybridized carbons (Fsp3) is 0.412. The van der Waals surface area contributed by atoms with Gasteiger partial charge in [-0.25, -0.2) is 0 Å². The van der Waals surface area contributed by atoms with Crippen molar-refractivity contribution in [3.05, 3.63) is 34.3 Å². The third-order valence-electron chi connectivity index (χ3n) is 4.24. The highest BCUT2D eigenvalue weighted by Gasteiger charge is 2.34. The van der Waals surface area contributed by atoms with Gasteiger partial charge >= 0.3 is 0 Å². The summed E-state index contributed by atoms with van der Waals surface area (Å²) in [6, 6.07) is 6.03. The Hall–Kier alpha value is -2.32. The summed E-state index contributed by atoms with van der Waals surface area (Å²) in [4.78, 5) is 25.7. The number of hydrogen-bond donors (Lipinski definition) is 1. The molecule has 2 aromatic rings. The molecule has 1 fully saturated rings. The second kappa shape index (κ2) is 7.28. The summed E-state index contributed by atoms with van der Waals surface area (Å²) in [5.74, 6) is -0.211. The van der Waals surface area contributed by atoms with Crippen molar-refractivity contribution in [2.24, 2.45) is 0 Å². The smallest absolute Gasteiger partial charge is 0.252 e. The Labute approximate surface area is 150 Å². The second-order valence-electron chi connectivity index (χ2n) is 6.10. The van der Waals surface area contributed by atoms with E-state index in [1.54, 1.807) is 4.90 Å². The molecule has 2 heterocycles. The van der Waals surface area contributed by atoms with Gasteiger partial charge in [0.2, 0.25) is 11.0 Å². The van der Waals surface area contributed by atoms with E-state index in [2.05, 4.69) is 15.5 Å². The van der Waals surface area contributed by atoms with Crippen molar-refractivity contribution in [3.8, 4) is 0 Å². The number of aryl methyl sites for hydroxylation is 2. The van der Waals surface area contributed by atoms with E-state index in [0.29, 0.717) is 18.1 Å². The summed E-state index contributed by atoms with van der Waals surface area (Å²) in [5.41, 5.74) is 3.27. The molecule has 1 unspecified atom stereocenters. The van der Waals surface area contributed by atoms with Crippen LogP contribution in [0.5, 0.6) is 0 Å². The van der Waals surface area contributed by atoms with Gasteiger partial charge in [0.05, 0.1) is 0 Å². The van der Waals surface area contributed by atoms with Crippen molar-refractivity contribution in [1.29, 1.82) is 0 Å². The zero-order valence-electron chi connectivity index (χ0n) is 14.4. The van der Waals surface area contributed by atoms with E-state index in [9.17, 15) is 9.59 Å². The van der Waals surface area contributed by atoms with Crippen LogP contribution >= 0.6 is 11.3 Å². The quantitative estimate of drug-likeness (QED) is 0.884. The molecule has 1 aromatic heterocycles. The average Bonchev–Trinajstić information content (AvgIpc) is 3.17. The van der Waals surface area contributed by atoms with E-state index in [4.69, 9.17) is 4.74 Å². The van der Waals surface area contributed by atoms with Crippen molar-refractivity contribution < 1.29 is 14.3 Å². The number of methoxy groups -OCH3 is 1. The molecule has 0 radical (unpaired) electrons. The van der Waals surface area contributed by atoms with Crippen LogP contribution in [0, 0.1) is 13.8 Å². The molecule has 1 saturated heterocycles. The lowest BCUT2D eigenvalue weighted by atomic mass is 10.1. The SMILES string of the molecule is COCC(=O)Nc1nnc(C2CC(=O)N(c3ccc(C)c(C)c3)C2)s1. The Morgan fingerprint density at radius 2 is 2.16 bits per heavy atom. The first-order chi connectivity index (χ1) is 12.0. The Morgan fingerprint density at radius 3 is 2.88 bits per heavy atom. The summed E-state index contributed by atoms with van der Waals surface area (Å²) in [6.07, 6.45) is 0.396. The molecule has 0 spiro atoms. The van der Waals surface area contributed by atoms with Gasteiger partial charge in [-0.3, -0.25) is 14.9 Å². The predicted octanol–water partition coefficient (Wildman–Crippen LogP) is 2.26. The Kier molecular flexibility index (Phi) is 5.10. The molecule has 0 bridgehead atoms. The van der Waals surface area contributed by atoms with Gasteiger partial charge in [-0.05, 0) is 37.1 Å². The first-order valence-electron chi connectivity index (χ1n) is 7.97. The van der Waals surface area contributed by atoms with Crippen molar-refractivity contribution in [2.45, 2.75) is 26.2 Å². The summed E-state index contributed by atoms with van der Waals surface area (Å²) in [5, 5.41) is 11.9. The molecule has 1 aromatic carbocycles. The molecule has 1 aliphatic heterocycles. The highest BCUT2D eigenvalue weighted by atomic mass is 32.1. The summed E-state index contributed by atoms with van der Waals surface area (Å²) in [7, 11) is 1.45. The summed E-state index contributed by atoms with van der Waals surface area (Å²) >= 11 is 1.30. The van der Waals surface area contributed by atoms with E-state index in [1.807, 2.05) is 32.0 Å². The van der Waals surface area contributed by atoms with Crippen LogP contribution in [0.25, 0.3) is 0 Å². The topological polar surface area (TPSA) is 84.4 Å². The van der Waals surface area contributed by atoms with Gasteiger partial charge in [0.1, 0.15) is 11.6 Å². The zero-order chi connectivity index (χ0) is 18.0. The molecule has 1 N–H and O–H groups in total. The Balaban J connectivity index is 1.71. The third kappa shape index (κ3) is 3.85. The Morgan fingerprint density at radius 1 is 1.36 bits per heavy atom. The first kappa shape index (κ1) is 17.5. The molecule has 25 heavy (non-hydrogen) atoms. The van der Waals surface area contributed by atoms with Crippen LogP contribution in [0.2, 0.25) is 0 Å². The number of ether oxygens (including phenoxy) is 1. The van der Waals surface area contributed by atoms with E-state index in [-0.39, 0.29) is 24.3 Å². The lowest BCUT2D eigenvalue weighted by molar-refractivity contribution is -0.119. The van der Waals surface area contributed by atoms with Crippen LogP contribution < -0.4 is 10.2 Å². The minimum absolute atomic E-state index is 0.0142. The summed E-state index contributed by atoms with van der Waals surface area (Å²) in [6.45, 7) is 4.63. The molecular weight excluding hydrogens is 340 g/mol. The number of carbonyl (C=O) groups is 2. The van der Waals surface area contributed by atoms with E-state index >= 15 is 0 Å². The molecular formula is C17H20N4O3S. The van der Waals surface area contributed by atoms with Crippen molar-refractivity contribution in [3.63, 3.8) is 0 Å². The van der Waals surface area contributed by atoms with Crippen molar-refractivity contribution in [1.82, 2.24) is 10.2 Å². The number of benzene rings is 1. The highest BCUT2D eigenvalue weighted by Crippen LogP contribution is 2.34.